The van der Waals surface area contributed by atoms with Gasteiger partial charge >= 0.3 is 0 Å². The quantitative estimate of drug-likeness (QED) is 0.746. The van der Waals surface area contributed by atoms with Crippen molar-refractivity contribution in [2.45, 2.75) is 26.4 Å². The normalized spacial score (nSPS) is 10.8. The number of hydrogen-bond donors (Lipinski definition) is 1. The third-order valence-electron chi connectivity index (χ3n) is 2.82. The molecule has 1 heterocycles. The van der Waals surface area contributed by atoms with Gasteiger partial charge in [0.25, 0.3) is 0 Å². The second-order valence-corrected chi connectivity index (χ2v) is 7.18. The fraction of sp³-hybridized carbons (Fsp3) is 0.357. The maximum atomic E-state index is 5.30. The first-order chi connectivity index (χ1) is 9.63. The average molecular weight is 420 g/mol. The van der Waals surface area contributed by atoms with Crippen molar-refractivity contribution in [3.8, 4) is 5.75 Å². The van der Waals surface area contributed by atoms with Crippen molar-refractivity contribution in [1.29, 1.82) is 0 Å². The second-order valence-electron chi connectivity index (χ2n) is 4.27. The van der Waals surface area contributed by atoms with Gasteiger partial charge in [-0.15, -0.1) is 11.3 Å². The Balaban J connectivity index is 1.94. The van der Waals surface area contributed by atoms with Crippen LogP contribution in [0.5, 0.6) is 5.75 Å². The molecule has 1 aromatic carbocycles. The van der Waals surface area contributed by atoms with Crippen LogP contribution in [0.3, 0.4) is 0 Å². The molecule has 0 radical (unpaired) electrons. The SMILES string of the molecule is CCc1cnc(CNCc2cc(Br)c(OC)c(Br)c2)s1. The summed E-state index contributed by atoms with van der Waals surface area (Å²) in [5.41, 5.74) is 1.19. The van der Waals surface area contributed by atoms with Crippen LogP contribution < -0.4 is 10.1 Å². The first-order valence-electron chi connectivity index (χ1n) is 6.30. The van der Waals surface area contributed by atoms with E-state index in [-0.39, 0.29) is 0 Å². The number of thiazole rings is 1. The number of benzene rings is 1. The molecule has 6 heteroatoms. The van der Waals surface area contributed by atoms with Crippen molar-refractivity contribution in [2.24, 2.45) is 0 Å². The highest BCUT2D eigenvalue weighted by Gasteiger charge is 2.08. The van der Waals surface area contributed by atoms with Crippen LogP contribution in [0.1, 0.15) is 22.4 Å². The summed E-state index contributed by atoms with van der Waals surface area (Å²) in [6.07, 6.45) is 3.01. The van der Waals surface area contributed by atoms with Gasteiger partial charge in [-0.25, -0.2) is 4.98 Å². The number of aromatic nitrogens is 1. The minimum absolute atomic E-state index is 0.794. The van der Waals surface area contributed by atoms with Crippen LogP contribution in [0.4, 0.5) is 0 Å². The van der Waals surface area contributed by atoms with E-state index in [1.807, 2.05) is 6.20 Å². The van der Waals surface area contributed by atoms with E-state index in [1.54, 1.807) is 18.4 Å². The molecule has 0 bridgehead atoms. The first-order valence-corrected chi connectivity index (χ1v) is 8.70. The largest absolute Gasteiger partial charge is 0.494 e. The number of rotatable bonds is 6. The summed E-state index contributed by atoms with van der Waals surface area (Å²) >= 11 is 8.80. The van der Waals surface area contributed by atoms with Crippen molar-refractivity contribution in [3.63, 3.8) is 0 Å². The van der Waals surface area contributed by atoms with Gasteiger partial charge in [-0.1, -0.05) is 6.92 Å². The van der Waals surface area contributed by atoms with Crippen LogP contribution in [0.15, 0.2) is 27.3 Å². The van der Waals surface area contributed by atoms with E-state index in [2.05, 4.69) is 61.2 Å². The zero-order valence-corrected chi connectivity index (χ0v) is 15.4. The maximum Gasteiger partial charge on any atom is 0.147 e. The molecule has 0 saturated carbocycles. The maximum absolute atomic E-state index is 5.30. The molecule has 2 aromatic rings. The monoisotopic (exact) mass is 418 g/mol. The average Bonchev–Trinajstić information content (AvgIpc) is 2.86. The number of hydrogen-bond acceptors (Lipinski definition) is 4. The summed E-state index contributed by atoms with van der Waals surface area (Å²) in [4.78, 5) is 5.73. The predicted octanol–water partition coefficient (Wildman–Crippen LogP) is 4.53. The number of halogens is 2. The Morgan fingerprint density at radius 3 is 2.50 bits per heavy atom. The van der Waals surface area contributed by atoms with E-state index in [0.717, 1.165) is 39.2 Å². The van der Waals surface area contributed by atoms with Gasteiger partial charge in [0.05, 0.1) is 16.1 Å². The summed E-state index contributed by atoms with van der Waals surface area (Å²) < 4.78 is 7.20. The Morgan fingerprint density at radius 2 is 1.95 bits per heavy atom. The van der Waals surface area contributed by atoms with Crippen LogP contribution in [0, 0.1) is 0 Å². The highest BCUT2D eigenvalue weighted by atomic mass is 79.9. The number of nitrogens with zero attached hydrogens (tertiary/aromatic N) is 1. The molecule has 20 heavy (non-hydrogen) atoms. The summed E-state index contributed by atoms with van der Waals surface area (Å²) in [7, 11) is 1.66. The Morgan fingerprint density at radius 1 is 1.25 bits per heavy atom. The lowest BCUT2D eigenvalue weighted by Crippen LogP contribution is -2.12. The molecule has 3 nitrogen and oxygen atoms in total. The molecule has 1 N–H and O–H groups in total. The summed E-state index contributed by atoms with van der Waals surface area (Å²) in [5, 5.41) is 4.55. The van der Waals surface area contributed by atoms with Crippen molar-refractivity contribution >= 4 is 43.2 Å². The van der Waals surface area contributed by atoms with E-state index in [1.165, 1.54) is 10.4 Å². The van der Waals surface area contributed by atoms with Gasteiger partial charge in [-0.2, -0.15) is 0 Å². The summed E-state index contributed by atoms with van der Waals surface area (Å²) in [5.74, 6) is 0.821. The van der Waals surface area contributed by atoms with Crippen LogP contribution in [-0.4, -0.2) is 12.1 Å². The van der Waals surface area contributed by atoms with E-state index >= 15 is 0 Å². The molecule has 0 aliphatic carbocycles. The Bertz CT molecular complexity index is 563. The number of aryl methyl sites for hydroxylation is 1. The highest BCUT2D eigenvalue weighted by Crippen LogP contribution is 2.34. The Labute approximate surface area is 140 Å². The Hall–Kier alpha value is -0.430. The first kappa shape index (κ1) is 15.9. The van der Waals surface area contributed by atoms with E-state index in [0.29, 0.717) is 0 Å². The second kappa shape index (κ2) is 7.54. The van der Waals surface area contributed by atoms with Crippen molar-refractivity contribution in [1.82, 2.24) is 10.3 Å². The lowest BCUT2D eigenvalue weighted by Gasteiger charge is -2.09. The van der Waals surface area contributed by atoms with Gasteiger partial charge in [0.2, 0.25) is 0 Å². The third kappa shape index (κ3) is 4.04. The lowest BCUT2D eigenvalue weighted by molar-refractivity contribution is 0.409. The standard InChI is InChI=1S/C14H16Br2N2OS/c1-3-10-7-18-13(20-10)8-17-6-9-4-11(15)14(19-2)12(16)5-9/h4-5,7,17H,3,6,8H2,1-2H3. The zero-order chi connectivity index (χ0) is 14.5. The van der Waals surface area contributed by atoms with Crippen LogP contribution in [-0.2, 0) is 19.5 Å². The smallest absolute Gasteiger partial charge is 0.147 e. The number of nitrogens with one attached hydrogen (secondary N) is 1. The molecule has 0 saturated heterocycles. The fourth-order valence-corrected chi connectivity index (χ4v) is 4.25. The molecular formula is C14H16Br2N2OS. The third-order valence-corrected chi connectivity index (χ3v) is 5.14. The van der Waals surface area contributed by atoms with Gasteiger partial charge in [0.15, 0.2) is 0 Å². The van der Waals surface area contributed by atoms with Gasteiger partial charge in [0.1, 0.15) is 10.8 Å². The molecule has 0 amide bonds. The highest BCUT2D eigenvalue weighted by molar-refractivity contribution is 9.11. The van der Waals surface area contributed by atoms with Crippen LogP contribution in [0.25, 0.3) is 0 Å². The van der Waals surface area contributed by atoms with Gasteiger partial charge in [-0.05, 0) is 56.0 Å². The number of methoxy groups -OCH3 is 1. The van der Waals surface area contributed by atoms with Crippen molar-refractivity contribution < 1.29 is 4.74 Å². The lowest BCUT2D eigenvalue weighted by atomic mass is 10.2. The topological polar surface area (TPSA) is 34.2 Å². The fourth-order valence-electron chi connectivity index (χ4n) is 1.82. The molecule has 108 valence electrons. The molecule has 0 aliphatic rings. The van der Waals surface area contributed by atoms with Crippen LogP contribution >= 0.6 is 43.2 Å². The molecule has 0 unspecified atom stereocenters. The molecule has 0 aliphatic heterocycles. The van der Waals surface area contributed by atoms with Crippen molar-refractivity contribution in [2.75, 3.05) is 7.11 Å². The van der Waals surface area contributed by atoms with E-state index in [4.69, 9.17) is 4.74 Å². The summed E-state index contributed by atoms with van der Waals surface area (Å²) in [6.45, 7) is 3.74. The van der Waals surface area contributed by atoms with E-state index in [9.17, 15) is 0 Å². The molecule has 2 rings (SSSR count). The number of ether oxygens (including phenoxy) is 1. The van der Waals surface area contributed by atoms with Crippen LogP contribution in [0.2, 0.25) is 0 Å². The molecule has 0 fully saturated rings. The molecular weight excluding hydrogens is 404 g/mol. The van der Waals surface area contributed by atoms with Crippen molar-refractivity contribution in [3.05, 3.63) is 42.7 Å². The van der Waals surface area contributed by atoms with E-state index < -0.39 is 0 Å². The minimum Gasteiger partial charge on any atom is -0.494 e. The molecule has 0 spiro atoms. The molecule has 0 atom stereocenters. The Kier molecular flexibility index (Phi) is 6.01. The van der Waals surface area contributed by atoms with Gasteiger partial charge < -0.3 is 10.1 Å². The zero-order valence-electron chi connectivity index (χ0n) is 11.4. The predicted molar refractivity (Wildman–Crippen MR) is 90.4 cm³/mol. The van der Waals surface area contributed by atoms with Gasteiger partial charge in [-0.3, -0.25) is 0 Å². The summed E-state index contributed by atoms with van der Waals surface area (Å²) in [6, 6.07) is 4.13. The molecule has 1 aromatic heterocycles. The minimum atomic E-state index is 0.794. The van der Waals surface area contributed by atoms with Gasteiger partial charge in [0, 0.05) is 24.2 Å².